The summed E-state index contributed by atoms with van der Waals surface area (Å²) in [6.45, 7) is 3.87. The predicted octanol–water partition coefficient (Wildman–Crippen LogP) is 3.17. The molecule has 3 aliphatic rings. The molecule has 0 radical (unpaired) electrons. The van der Waals surface area contributed by atoms with Crippen molar-refractivity contribution in [1.29, 1.82) is 0 Å². The minimum absolute atomic E-state index is 0.00769. The number of anilines is 1. The summed E-state index contributed by atoms with van der Waals surface area (Å²) in [6.07, 6.45) is 12.1. The first-order valence-corrected chi connectivity index (χ1v) is 11.7. The van der Waals surface area contributed by atoms with Crippen LogP contribution in [0.15, 0.2) is 24.5 Å². The zero-order chi connectivity index (χ0) is 21.0. The number of nitrogens with zero attached hydrogens (tertiary/aromatic N) is 5. The Morgan fingerprint density at radius 2 is 1.87 bits per heavy atom. The van der Waals surface area contributed by atoms with E-state index >= 15 is 0 Å². The van der Waals surface area contributed by atoms with Crippen LogP contribution in [0.1, 0.15) is 65.8 Å². The summed E-state index contributed by atoms with van der Waals surface area (Å²) in [5, 5.41) is 0. The molecule has 0 saturated carbocycles. The van der Waals surface area contributed by atoms with Crippen molar-refractivity contribution in [3.63, 3.8) is 0 Å². The predicted molar refractivity (Wildman–Crippen MR) is 118 cm³/mol. The van der Waals surface area contributed by atoms with Crippen LogP contribution in [0.4, 0.5) is 5.95 Å². The van der Waals surface area contributed by atoms with Crippen molar-refractivity contribution in [3.8, 4) is 0 Å². The average molecular weight is 422 g/mol. The first-order chi connectivity index (χ1) is 15.3. The van der Waals surface area contributed by atoms with Crippen LogP contribution in [0.25, 0.3) is 0 Å². The van der Waals surface area contributed by atoms with Gasteiger partial charge in [-0.3, -0.25) is 9.78 Å². The quantitative estimate of drug-likeness (QED) is 0.713. The van der Waals surface area contributed by atoms with Crippen LogP contribution in [0, 0.1) is 0 Å². The van der Waals surface area contributed by atoms with Gasteiger partial charge in [-0.1, -0.05) is 0 Å². The molecule has 1 aliphatic carbocycles. The van der Waals surface area contributed by atoms with Crippen LogP contribution in [0.2, 0.25) is 0 Å². The number of aromatic nitrogens is 3. The van der Waals surface area contributed by atoms with Crippen LogP contribution in [0.3, 0.4) is 0 Å². The molecule has 4 heterocycles. The zero-order valence-electron chi connectivity index (χ0n) is 18.1. The summed E-state index contributed by atoms with van der Waals surface area (Å²) in [6, 6.07) is 3.95. The first-order valence-electron chi connectivity index (χ1n) is 11.7. The highest BCUT2D eigenvalue weighted by Crippen LogP contribution is 2.28. The van der Waals surface area contributed by atoms with Gasteiger partial charge in [-0.05, 0) is 69.1 Å². The molecule has 1 atom stereocenters. The van der Waals surface area contributed by atoms with Gasteiger partial charge in [0.2, 0.25) is 5.95 Å². The van der Waals surface area contributed by atoms with E-state index in [0.717, 1.165) is 93.8 Å². The molecular weight excluding hydrogens is 390 g/mol. The minimum atomic E-state index is 0.00769. The fraction of sp³-hybridized carbons (Fsp3) is 0.583. The molecule has 2 aromatic rings. The second-order valence-electron chi connectivity index (χ2n) is 8.87. The molecule has 0 spiro atoms. The van der Waals surface area contributed by atoms with Crippen molar-refractivity contribution >= 4 is 11.9 Å². The van der Waals surface area contributed by atoms with Gasteiger partial charge >= 0.3 is 0 Å². The van der Waals surface area contributed by atoms with Gasteiger partial charge in [0.15, 0.2) is 0 Å². The van der Waals surface area contributed by atoms with Crippen LogP contribution >= 0.6 is 0 Å². The van der Waals surface area contributed by atoms with Gasteiger partial charge in [0.1, 0.15) is 5.69 Å². The summed E-state index contributed by atoms with van der Waals surface area (Å²) in [5.74, 6) is 0.746. The third kappa shape index (κ3) is 4.56. The van der Waals surface area contributed by atoms with E-state index < -0.39 is 0 Å². The minimum Gasteiger partial charge on any atom is -0.376 e. The lowest BCUT2D eigenvalue weighted by atomic mass is 9.94. The average Bonchev–Trinajstić information content (AvgIpc) is 3.53. The van der Waals surface area contributed by atoms with E-state index in [4.69, 9.17) is 14.7 Å². The van der Waals surface area contributed by atoms with Crippen molar-refractivity contribution < 1.29 is 9.53 Å². The summed E-state index contributed by atoms with van der Waals surface area (Å²) >= 11 is 0. The smallest absolute Gasteiger partial charge is 0.273 e. The molecule has 1 unspecified atom stereocenters. The lowest BCUT2D eigenvalue weighted by Gasteiger charge is -2.28. The molecule has 2 aliphatic heterocycles. The van der Waals surface area contributed by atoms with Crippen LogP contribution in [0.5, 0.6) is 0 Å². The highest BCUT2D eigenvalue weighted by atomic mass is 16.5. The maximum Gasteiger partial charge on any atom is 0.273 e. The second-order valence-corrected chi connectivity index (χ2v) is 8.87. The van der Waals surface area contributed by atoms with Crippen molar-refractivity contribution in [1.82, 2.24) is 19.9 Å². The summed E-state index contributed by atoms with van der Waals surface area (Å²) in [5.41, 5.74) is 3.82. The number of amides is 1. The lowest BCUT2D eigenvalue weighted by Crippen LogP contribution is -2.38. The largest absolute Gasteiger partial charge is 0.376 e. The highest BCUT2D eigenvalue weighted by molar-refractivity contribution is 5.94. The summed E-state index contributed by atoms with van der Waals surface area (Å²) in [4.78, 5) is 32.0. The number of hydrogen-bond acceptors (Lipinski definition) is 6. The SMILES string of the molecule is O=C(c1nc(N2CCCC2)nc2c1CCCC2)N(Cc1ccncc1)CC1CCCO1. The third-order valence-corrected chi connectivity index (χ3v) is 6.62. The molecule has 0 aromatic carbocycles. The molecule has 2 saturated heterocycles. The van der Waals surface area contributed by atoms with E-state index in [1.54, 1.807) is 12.4 Å². The Morgan fingerprint density at radius 1 is 1.06 bits per heavy atom. The molecule has 31 heavy (non-hydrogen) atoms. The number of rotatable bonds is 6. The van der Waals surface area contributed by atoms with E-state index in [1.807, 2.05) is 17.0 Å². The molecule has 7 heteroatoms. The Balaban J connectivity index is 1.48. The number of carbonyl (C=O) groups is 1. The topological polar surface area (TPSA) is 71.5 Å². The maximum atomic E-state index is 13.9. The molecule has 5 rings (SSSR count). The number of fused-ring (bicyclic) bond motifs is 1. The molecule has 1 amide bonds. The Labute approximate surface area is 183 Å². The molecule has 7 nitrogen and oxygen atoms in total. The number of pyridine rings is 1. The van der Waals surface area contributed by atoms with Crippen molar-refractivity contribution in [2.75, 3.05) is 31.1 Å². The number of aryl methyl sites for hydroxylation is 1. The van der Waals surface area contributed by atoms with Crippen LogP contribution in [-0.2, 0) is 24.1 Å². The molecule has 2 aromatic heterocycles. The van der Waals surface area contributed by atoms with E-state index in [1.165, 1.54) is 0 Å². The van der Waals surface area contributed by atoms with Gasteiger partial charge in [-0.2, -0.15) is 0 Å². The Morgan fingerprint density at radius 3 is 2.65 bits per heavy atom. The Hall–Kier alpha value is -2.54. The Bertz CT molecular complexity index is 908. The fourth-order valence-electron chi connectivity index (χ4n) is 4.93. The Kier molecular flexibility index (Phi) is 6.11. The number of hydrogen-bond donors (Lipinski definition) is 0. The molecular formula is C24H31N5O2. The highest BCUT2D eigenvalue weighted by Gasteiger charge is 2.30. The fourth-order valence-corrected chi connectivity index (χ4v) is 4.93. The molecule has 0 N–H and O–H groups in total. The summed E-state index contributed by atoms with van der Waals surface area (Å²) in [7, 11) is 0. The van der Waals surface area contributed by atoms with Crippen molar-refractivity contribution in [3.05, 3.63) is 47.0 Å². The summed E-state index contributed by atoms with van der Waals surface area (Å²) < 4.78 is 5.88. The molecule has 2 fully saturated rings. The monoisotopic (exact) mass is 421 g/mol. The first kappa shape index (κ1) is 20.4. The third-order valence-electron chi connectivity index (χ3n) is 6.62. The van der Waals surface area contributed by atoms with Gasteiger partial charge in [0, 0.05) is 56.4 Å². The number of ether oxygens (including phenoxy) is 1. The standard InChI is InChI=1S/C24H31N5O2/c30-23(29(17-19-6-5-15-31-19)16-18-9-11-25-12-10-18)22-20-7-1-2-8-21(20)26-24(27-22)28-13-3-4-14-28/h9-12,19H,1-8,13-17H2. The zero-order valence-corrected chi connectivity index (χ0v) is 18.1. The van der Waals surface area contributed by atoms with Crippen molar-refractivity contribution in [2.24, 2.45) is 0 Å². The van der Waals surface area contributed by atoms with E-state index in [2.05, 4.69) is 9.88 Å². The van der Waals surface area contributed by atoms with Crippen molar-refractivity contribution in [2.45, 2.75) is 64.0 Å². The normalized spacial score (nSPS) is 20.6. The second kappa shape index (κ2) is 9.30. The van der Waals surface area contributed by atoms with Gasteiger partial charge < -0.3 is 14.5 Å². The van der Waals surface area contributed by atoms with Crippen LogP contribution < -0.4 is 4.90 Å². The van der Waals surface area contributed by atoms with Gasteiger partial charge in [0.25, 0.3) is 5.91 Å². The number of carbonyl (C=O) groups excluding carboxylic acids is 1. The lowest BCUT2D eigenvalue weighted by molar-refractivity contribution is 0.0501. The van der Waals surface area contributed by atoms with Gasteiger partial charge in [-0.15, -0.1) is 0 Å². The van der Waals surface area contributed by atoms with Gasteiger partial charge in [-0.25, -0.2) is 9.97 Å². The van der Waals surface area contributed by atoms with E-state index in [0.29, 0.717) is 18.8 Å². The molecule has 0 bridgehead atoms. The van der Waals surface area contributed by atoms with E-state index in [-0.39, 0.29) is 12.0 Å². The molecule has 164 valence electrons. The van der Waals surface area contributed by atoms with Gasteiger partial charge in [0.05, 0.1) is 6.10 Å². The van der Waals surface area contributed by atoms with Crippen LogP contribution in [-0.4, -0.2) is 58.1 Å². The van der Waals surface area contributed by atoms with E-state index in [9.17, 15) is 4.79 Å². The maximum absolute atomic E-state index is 13.9.